The number of fused-ring (bicyclic) bond motifs is 7. The van der Waals surface area contributed by atoms with Gasteiger partial charge in [-0.05, 0) is 85.1 Å². The zero-order chi connectivity index (χ0) is 32.8. The highest BCUT2D eigenvalue weighted by Gasteiger charge is 2.41. The summed E-state index contributed by atoms with van der Waals surface area (Å²) >= 11 is 0. The van der Waals surface area contributed by atoms with Crippen molar-refractivity contribution in [3.05, 3.63) is 161 Å². The third kappa shape index (κ3) is 4.18. The fourth-order valence-corrected chi connectivity index (χ4v) is 8.82. The molecule has 0 fully saturated rings. The topological polar surface area (TPSA) is 15.4 Å². The van der Waals surface area contributed by atoms with Crippen molar-refractivity contribution < 1.29 is 4.58 Å². The van der Waals surface area contributed by atoms with E-state index in [9.17, 15) is 0 Å². The smallest absolute Gasteiger partial charge is 0.216 e. The first-order valence-corrected chi connectivity index (χ1v) is 17.4. The highest BCUT2D eigenvalue weighted by Crippen LogP contribution is 2.51. The average Bonchev–Trinajstić information content (AvgIpc) is 3.50. The summed E-state index contributed by atoms with van der Waals surface area (Å²) < 4.78 is 2.56. The predicted octanol–water partition coefficient (Wildman–Crippen LogP) is 11.5. The molecule has 3 aliphatic rings. The molecule has 0 saturated heterocycles. The first-order chi connectivity index (χ1) is 23.3. The molecule has 1 unspecified atom stereocenters. The van der Waals surface area contributed by atoms with Crippen molar-refractivity contribution >= 4 is 27.9 Å². The number of hydrogen-bond acceptors (Lipinski definition) is 1. The summed E-state index contributed by atoms with van der Waals surface area (Å²) in [5.41, 5.74) is 17.1. The van der Waals surface area contributed by atoms with E-state index in [-0.39, 0.29) is 17.0 Å². The highest BCUT2D eigenvalue weighted by atomic mass is 15.2. The average molecular weight is 622 g/mol. The van der Waals surface area contributed by atoms with Crippen molar-refractivity contribution in [2.75, 3.05) is 0 Å². The van der Waals surface area contributed by atoms with E-state index >= 15 is 0 Å². The van der Waals surface area contributed by atoms with Gasteiger partial charge in [0.15, 0.2) is 5.71 Å². The summed E-state index contributed by atoms with van der Waals surface area (Å²) in [5, 5.41) is 2.52. The zero-order valence-corrected chi connectivity index (χ0v) is 28.5. The van der Waals surface area contributed by atoms with Crippen molar-refractivity contribution in [3.8, 4) is 22.3 Å². The monoisotopic (exact) mass is 621 g/mol. The normalized spacial score (nSPS) is 18.3. The van der Waals surface area contributed by atoms with Gasteiger partial charge in [-0.2, -0.15) is 4.58 Å². The van der Waals surface area contributed by atoms with E-state index < -0.39 is 0 Å². The van der Waals surface area contributed by atoms with Gasteiger partial charge in [0.05, 0.1) is 12.1 Å². The minimum Gasteiger partial charge on any atom is -0.216 e. The van der Waals surface area contributed by atoms with Crippen molar-refractivity contribution in [2.24, 2.45) is 4.99 Å². The summed E-state index contributed by atoms with van der Waals surface area (Å²) in [6.45, 7) is 11.8. The lowest BCUT2D eigenvalue weighted by molar-refractivity contribution is -0.493. The third-order valence-corrected chi connectivity index (χ3v) is 11.5. The van der Waals surface area contributed by atoms with E-state index in [4.69, 9.17) is 4.99 Å². The zero-order valence-electron chi connectivity index (χ0n) is 28.5. The summed E-state index contributed by atoms with van der Waals surface area (Å²) in [5.74, 6) is 0. The molecule has 0 amide bonds. The van der Waals surface area contributed by atoms with Gasteiger partial charge in [-0.1, -0.05) is 126 Å². The Morgan fingerprint density at radius 3 is 1.85 bits per heavy atom. The van der Waals surface area contributed by atoms with Crippen LogP contribution in [0.3, 0.4) is 0 Å². The summed E-state index contributed by atoms with van der Waals surface area (Å²) in [6, 6.07) is 47.6. The molecule has 9 rings (SSSR count). The summed E-state index contributed by atoms with van der Waals surface area (Å²) in [7, 11) is 0. The molecule has 6 aromatic carbocycles. The van der Waals surface area contributed by atoms with Gasteiger partial charge in [0.1, 0.15) is 0 Å². The molecular weight excluding hydrogens is 581 g/mol. The van der Waals surface area contributed by atoms with E-state index in [0.29, 0.717) is 0 Å². The molecular formula is C46H41N2+. The van der Waals surface area contributed by atoms with Crippen molar-refractivity contribution in [2.45, 2.75) is 64.5 Å². The van der Waals surface area contributed by atoms with E-state index in [2.05, 4.69) is 167 Å². The van der Waals surface area contributed by atoms with Crippen LogP contribution in [0.1, 0.15) is 87.0 Å². The largest absolute Gasteiger partial charge is 0.277 e. The third-order valence-electron chi connectivity index (χ3n) is 11.5. The van der Waals surface area contributed by atoms with Crippen LogP contribution in [0.2, 0.25) is 0 Å². The van der Waals surface area contributed by atoms with Crippen LogP contribution >= 0.6 is 0 Å². The van der Waals surface area contributed by atoms with Gasteiger partial charge in [0.25, 0.3) is 6.17 Å². The van der Waals surface area contributed by atoms with Gasteiger partial charge in [-0.3, -0.25) is 0 Å². The van der Waals surface area contributed by atoms with E-state index in [0.717, 1.165) is 18.6 Å². The number of rotatable bonds is 4. The number of benzene rings is 6. The van der Waals surface area contributed by atoms with E-state index in [1.807, 2.05) is 0 Å². The van der Waals surface area contributed by atoms with Crippen LogP contribution in [-0.2, 0) is 10.8 Å². The van der Waals surface area contributed by atoms with Gasteiger partial charge in [-0.15, -0.1) is 0 Å². The molecule has 234 valence electrons. The van der Waals surface area contributed by atoms with Gasteiger partial charge in [-0.25, -0.2) is 4.99 Å². The summed E-state index contributed by atoms with van der Waals surface area (Å²) in [4.78, 5) is 5.70. The number of aliphatic imine (C=N–C) groups is 1. The molecule has 0 N–H and O–H groups in total. The number of hydrogen-bond donors (Lipinski definition) is 0. The lowest BCUT2D eigenvalue weighted by atomic mass is 9.81. The standard InChI is InChI=1S/C46H41N2/c1-6-33-28-43(31-20-19-29-13-7-8-14-30(29)25-31)47-44(32-21-23-37-35-15-9-11-17-39(35)45(2,3)41(37)26-32)48(33)34-22-24-38-36-16-10-12-18-40(36)46(4,5)42(38)27-34/h7-27,44H,6,28H2,1-5H3/q+1. The SMILES string of the molecule is CCC1=[N+](c2ccc3c(c2)C(C)(C)c2ccccc2-3)C(c2ccc3c(c2)C(C)(C)c2ccccc2-3)N=C(c2ccc3ccccc3c2)C1. The van der Waals surface area contributed by atoms with Crippen LogP contribution in [-0.4, -0.2) is 16.0 Å². The van der Waals surface area contributed by atoms with Crippen molar-refractivity contribution in [3.63, 3.8) is 0 Å². The van der Waals surface area contributed by atoms with Gasteiger partial charge in [0, 0.05) is 34.9 Å². The molecule has 2 aliphatic carbocycles. The Labute approximate surface area is 284 Å². The molecule has 0 saturated carbocycles. The molecule has 0 radical (unpaired) electrons. The fourth-order valence-electron chi connectivity index (χ4n) is 8.82. The quantitative estimate of drug-likeness (QED) is 0.174. The Hall–Kier alpha value is -5.08. The minimum absolute atomic E-state index is 0.0670. The second-order valence-electron chi connectivity index (χ2n) is 14.9. The Balaban J connectivity index is 1.23. The molecule has 6 aromatic rings. The van der Waals surface area contributed by atoms with Gasteiger partial charge >= 0.3 is 0 Å². The lowest BCUT2D eigenvalue weighted by Crippen LogP contribution is -2.30. The van der Waals surface area contributed by atoms with Crippen LogP contribution in [0, 0.1) is 0 Å². The van der Waals surface area contributed by atoms with Crippen LogP contribution < -0.4 is 0 Å². The Bertz CT molecular complexity index is 2370. The molecule has 2 heteroatoms. The molecule has 0 spiro atoms. The predicted molar refractivity (Wildman–Crippen MR) is 201 cm³/mol. The Morgan fingerprint density at radius 1 is 0.583 bits per heavy atom. The fraction of sp³-hybridized carbons (Fsp3) is 0.217. The second-order valence-corrected chi connectivity index (χ2v) is 14.9. The highest BCUT2D eigenvalue weighted by molar-refractivity contribution is 6.13. The Morgan fingerprint density at radius 2 is 1.17 bits per heavy atom. The van der Waals surface area contributed by atoms with Gasteiger partial charge in [0.2, 0.25) is 5.69 Å². The maximum absolute atomic E-state index is 5.70. The Kier molecular flexibility index (Phi) is 6.34. The minimum atomic E-state index is -0.176. The van der Waals surface area contributed by atoms with Crippen molar-refractivity contribution in [1.82, 2.24) is 0 Å². The van der Waals surface area contributed by atoms with Crippen molar-refractivity contribution in [1.29, 1.82) is 0 Å². The first kappa shape index (κ1) is 29.1. The molecule has 1 aliphatic heterocycles. The number of nitrogens with zero attached hydrogens (tertiary/aromatic N) is 2. The molecule has 1 atom stereocenters. The summed E-state index contributed by atoms with van der Waals surface area (Å²) in [6.07, 6.45) is 1.60. The van der Waals surface area contributed by atoms with Crippen LogP contribution in [0.5, 0.6) is 0 Å². The second kappa shape index (κ2) is 10.5. The lowest BCUT2D eigenvalue weighted by Gasteiger charge is -2.26. The molecule has 1 heterocycles. The van der Waals surface area contributed by atoms with Crippen LogP contribution in [0.25, 0.3) is 33.0 Å². The van der Waals surface area contributed by atoms with Crippen LogP contribution in [0.15, 0.2) is 132 Å². The van der Waals surface area contributed by atoms with Gasteiger partial charge < -0.3 is 0 Å². The first-order valence-electron chi connectivity index (χ1n) is 17.4. The maximum atomic E-state index is 5.70. The maximum Gasteiger partial charge on any atom is 0.277 e. The molecule has 0 aromatic heterocycles. The molecule has 2 nitrogen and oxygen atoms in total. The van der Waals surface area contributed by atoms with E-state index in [1.54, 1.807) is 0 Å². The molecule has 0 bridgehead atoms. The van der Waals surface area contributed by atoms with E-state index in [1.165, 1.54) is 77.8 Å². The molecule has 48 heavy (non-hydrogen) atoms. The van der Waals surface area contributed by atoms with Crippen LogP contribution in [0.4, 0.5) is 5.69 Å².